The molecular weight excluding hydrogens is 258 g/mol. The Bertz CT molecular complexity index is 190. The highest BCUT2D eigenvalue weighted by molar-refractivity contribution is 6.75. The summed E-state index contributed by atoms with van der Waals surface area (Å²) in [5.74, 6) is -0.427. The van der Waals surface area contributed by atoms with Crippen LogP contribution in [0.5, 0.6) is 0 Å². The monoisotopic (exact) mass is 274 g/mol. The number of halogens is 3. The lowest BCUT2D eigenvalue weighted by Gasteiger charge is -2.16. The van der Waals surface area contributed by atoms with Gasteiger partial charge < -0.3 is 4.74 Å². The lowest BCUT2D eigenvalue weighted by molar-refractivity contribution is -0.144. The minimum Gasteiger partial charge on any atom is -0.462 e. The second-order valence-electron chi connectivity index (χ2n) is 3.51. The van der Waals surface area contributed by atoms with Crippen molar-refractivity contribution in [2.45, 2.75) is 43.3 Å². The molecule has 0 amide bonds. The molecule has 0 aromatic heterocycles. The molecule has 0 aliphatic heterocycles. The highest BCUT2D eigenvalue weighted by Gasteiger charge is 2.32. The fourth-order valence-corrected chi connectivity index (χ4v) is 1.34. The Balaban J connectivity index is 3.85. The van der Waals surface area contributed by atoms with Crippen molar-refractivity contribution < 1.29 is 9.53 Å². The summed E-state index contributed by atoms with van der Waals surface area (Å²) < 4.78 is 2.97. The molecule has 0 N–H and O–H groups in total. The SMILES string of the molecule is CCCC[C@H](CC)COC(=O)C(Cl)(Cl)Cl. The van der Waals surface area contributed by atoms with Gasteiger partial charge in [0, 0.05) is 0 Å². The van der Waals surface area contributed by atoms with Crippen LogP contribution in [0.2, 0.25) is 0 Å². The van der Waals surface area contributed by atoms with Crippen molar-refractivity contribution in [2.75, 3.05) is 6.61 Å². The van der Waals surface area contributed by atoms with Crippen LogP contribution < -0.4 is 0 Å². The summed E-state index contributed by atoms with van der Waals surface area (Å²) in [6, 6.07) is 0. The van der Waals surface area contributed by atoms with Gasteiger partial charge in [-0.25, -0.2) is 4.79 Å². The Hall–Kier alpha value is 0.340. The third kappa shape index (κ3) is 7.26. The van der Waals surface area contributed by atoms with E-state index < -0.39 is 9.76 Å². The van der Waals surface area contributed by atoms with E-state index >= 15 is 0 Å². The molecule has 0 saturated heterocycles. The van der Waals surface area contributed by atoms with E-state index in [-0.39, 0.29) is 0 Å². The van der Waals surface area contributed by atoms with Crippen LogP contribution in [0, 0.1) is 5.92 Å². The molecule has 0 spiro atoms. The van der Waals surface area contributed by atoms with Crippen LogP contribution in [0.3, 0.4) is 0 Å². The Labute approximate surface area is 106 Å². The summed E-state index contributed by atoms with van der Waals surface area (Å²) in [4.78, 5) is 11.1. The Morgan fingerprint density at radius 2 is 1.93 bits per heavy atom. The normalized spacial score (nSPS) is 13.7. The van der Waals surface area contributed by atoms with Crippen LogP contribution >= 0.6 is 34.8 Å². The van der Waals surface area contributed by atoms with Crippen molar-refractivity contribution in [3.63, 3.8) is 0 Å². The van der Waals surface area contributed by atoms with Crippen LogP contribution in [-0.2, 0) is 9.53 Å². The van der Waals surface area contributed by atoms with E-state index in [1.807, 2.05) is 0 Å². The Kier molecular flexibility index (Phi) is 7.76. The molecule has 0 saturated carbocycles. The molecular formula is C10H17Cl3O2. The zero-order chi connectivity index (χ0) is 11.9. The highest BCUT2D eigenvalue weighted by atomic mass is 35.6. The summed E-state index contributed by atoms with van der Waals surface area (Å²) in [5.41, 5.74) is 0. The maximum Gasteiger partial charge on any atom is 0.358 e. The summed E-state index contributed by atoms with van der Waals surface area (Å²) >= 11 is 16.1. The first kappa shape index (κ1) is 15.3. The Morgan fingerprint density at radius 3 is 2.33 bits per heavy atom. The van der Waals surface area contributed by atoms with Gasteiger partial charge in [0.2, 0.25) is 0 Å². The van der Waals surface area contributed by atoms with Crippen LogP contribution in [0.15, 0.2) is 0 Å². The molecule has 0 unspecified atom stereocenters. The van der Waals surface area contributed by atoms with E-state index in [4.69, 9.17) is 39.5 Å². The smallest absolute Gasteiger partial charge is 0.358 e. The van der Waals surface area contributed by atoms with Crippen molar-refractivity contribution >= 4 is 40.8 Å². The number of carbonyl (C=O) groups is 1. The van der Waals surface area contributed by atoms with Crippen LogP contribution in [0.1, 0.15) is 39.5 Å². The maximum absolute atomic E-state index is 11.1. The standard InChI is InChI=1S/C10H17Cl3O2/c1-3-5-6-8(4-2)7-15-9(14)10(11,12)13/h8H,3-7H2,1-2H3/t8-/m0/s1. The van der Waals surface area contributed by atoms with Gasteiger partial charge >= 0.3 is 5.97 Å². The summed E-state index contributed by atoms with van der Waals surface area (Å²) in [6.07, 6.45) is 4.27. The van der Waals surface area contributed by atoms with E-state index in [1.54, 1.807) is 0 Å². The summed E-state index contributed by atoms with van der Waals surface area (Å²) in [7, 11) is 0. The molecule has 5 heteroatoms. The average Bonchev–Trinajstić information content (AvgIpc) is 2.16. The predicted octanol–water partition coefficient (Wildman–Crippen LogP) is 4.12. The van der Waals surface area contributed by atoms with Gasteiger partial charge in [-0.1, -0.05) is 67.9 Å². The second-order valence-corrected chi connectivity index (χ2v) is 5.79. The van der Waals surface area contributed by atoms with Gasteiger partial charge in [-0.2, -0.15) is 0 Å². The van der Waals surface area contributed by atoms with Gasteiger partial charge in [-0.15, -0.1) is 0 Å². The highest BCUT2D eigenvalue weighted by Crippen LogP contribution is 2.28. The van der Waals surface area contributed by atoms with Gasteiger partial charge in [-0.3, -0.25) is 0 Å². The van der Waals surface area contributed by atoms with Crippen molar-refractivity contribution in [1.29, 1.82) is 0 Å². The first-order valence-corrected chi connectivity index (χ1v) is 6.29. The molecule has 2 nitrogen and oxygen atoms in total. The number of ether oxygens (including phenoxy) is 1. The van der Waals surface area contributed by atoms with Crippen molar-refractivity contribution in [2.24, 2.45) is 5.92 Å². The first-order chi connectivity index (χ1) is 6.91. The van der Waals surface area contributed by atoms with Crippen molar-refractivity contribution in [3.8, 4) is 0 Å². The molecule has 0 fully saturated rings. The van der Waals surface area contributed by atoms with E-state index in [2.05, 4.69) is 13.8 Å². The molecule has 0 heterocycles. The van der Waals surface area contributed by atoms with Crippen LogP contribution in [0.25, 0.3) is 0 Å². The molecule has 90 valence electrons. The number of carbonyl (C=O) groups excluding carboxylic acids is 1. The molecule has 0 rings (SSSR count). The minimum atomic E-state index is -1.96. The Morgan fingerprint density at radius 1 is 1.33 bits per heavy atom. The lowest BCUT2D eigenvalue weighted by Crippen LogP contribution is -2.24. The number of unbranched alkanes of at least 4 members (excludes halogenated alkanes) is 1. The number of esters is 1. The number of rotatable bonds is 6. The molecule has 0 radical (unpaired) electrons. The van der Waals surface area contributed by atoms with Gasteiger partial charge in [-0.05, 0) is 12.3 Å². The maximum atomic E-state index is 11.1. The lowest BCUT2D eigenvalue weighted by atomic mass is 10.0. The summed E-state index contributed by atoms with van der Waals surface area (Å²) in [5, 5.41) is 0. The third-order valence-electron chi connectivity index (χ3n) is 2.22. The molecule has 0 bridgehead atoms. The van der Waals surface area contributed by atoms with E-state index in [0.717, 1.165) is 25.7 Å². The van der Waals surface area contributed by atoms with Crippen LogP contribution in [0.4, 0.5) is 0 Å². The topological polar surface area (TPSA) is 26.3 Å². The number of hydrogen-bond donors (Lipinski definition) is 0. The van der Waals surface area contributed by atoms with E-state index in [0.29, 0.717) is 12.5 Å². The van der Waals surface area contributed by atoms with Gasteiger partial charge in [0.15, 0.2) is 0 Å². The minimum absolute atomic E-state index is 0.337. The second kappa shape index (κ2) is 7.59. The zero-order valence-corrected chi connectivity index (χ0v) is 11.3. The van der Waals surface area contributed by atoms with Crippen molar-refractivity contribution in [1.82, 2.24) is 0 Å². The van der Waals surface area contributed by atoms with E-state index in [9.17, 15) is 4.79 Å². The van der Waals surface area contributed by atoms with Crippen LogP contribution in [-0.4, -0.2) is 16.4 Å². The molecule has 15 heavy (non-hydrogen) atoms. The molecule has 0 aromatic rings. The van der Waals surface area contributed by atoms with Gasteiger partial charge in [0.25, 0.3) is 3.79 Å². The molecule has 0 aliphatic rings. The number of alkyl halides is 3. The largest absolute Gasteiger partial charge is 0.462 e. The quantitative estimate of drug-likeness (QED) is 0.538. The third-order valence-corrected chi connectivity index (χ3v) is 2.69. The fourth-order valence-electron chi connectivity index (χ4n) is 1.17. The van der Waals surface area contributed by atoms with Gasteiger partial charge in [0.05, 0.1) is 6.61 Å². The fraction of sp³-hybridized carbons (Fsp3) is 0.900. The van der Waals surface area contributed by atoms with E-state index in [1.165, 1.54) is 0 Å². The first-order valence-electron chi connectivity index (χ1n) is 5.15. The van der Waals surface area contributed by atoms with Crippen molar-refractivity contribution in [3.05, 3.63) is 0 Å². The number of hydrogen-bond acceptors (Lipinski definition) is 2. The zero-order valence-electron chi connectivity index (χ0n) is 9.06. The molecule has 0 aliphatic carbocycles. The average molecular weight is 276 g/mol. The summed E-state index contributed by atoms with van der Waals surface area (Å²) in [6.45, 7) is 4.52. The molecule has 1 atom stereocenters. The van der Waals surface area contributed by atoms with Gasteiger partial charge in [0.1, 0.15) is 0 Å². The predicted molar refractivity (Wildman–Crippen MR) is 64.6 cm³/mol. The molecule has 0 aromatic carbocycles.